The van der Waals surface area contributed by atoms with Gasteiger partial charge in [-0.1, -0.05) is 18.6 Å². The van der Waals surface area contributed by atoms with Crippen molar-refractivity contribution in [3.05, 3.63) is 29.8 Å². The molecule has 0 bridgehead atoms. The minimum absolute atomic E-state index is 0.0201. The number of benzene rings is 1. The summed E-state index contributed by atoms with van der Waals surface area (Å²) in [5.74, 6) is 0.0475. The molecule has 0 aliphatic heterocycles. The number of amides is 1. The molecule has 1 amide bonds. The van der Waals surface area contributed by atoms with Gasteiger partial charge in [-0.05, 0) is 25.0 Å². The SMILES string of the molecule is CS(=O)(=O)N(CCNC(=O)C1CCC1)c1ccccc1C#N. The Hall–Kier alpha value is -2.07. The molecule has 2 rings (SSSR count). The molecule has 0 aromatic heterocycles. The molecule has 1 N–H and O–H groups in total. The zero-order valence-corrected chi connectivity index (χ0v) is 13.3. The second-order valence-corrected chi connectivity index (χ2v) is 7.29. The maximum Gasteiger partial charge on any atom is 0.232 e. The number of hydrogen-bond donors (Lipinski definition) is 1. The van der Waals surface area contributed by atoms with Crippen LogP contribution in [0.3, 0.4) is 0 Å². The molecular formula is C15H19N3O3S. The van der Waals surface area contributed by atoms with Crippen LogP contribution in [0.5, 0.6) is 0 Å². The van der Waals surface area contributed by atoms with Crippen LogP contribution < -0.4 is 9.62 Å². The molecule has 1 aliphatic rings. The highest BCUT2D eigenvalue weighted by atomic mass is 32.2. The minimum atomic E-state index is -3.53. The molecule has 1 aliphatic carbocycles. The van der Waals surface area contributed by atoms with E-state index < -0.39 is 10.0 Å². The predicted octanol–water partition coefficient (Wildman–Crippen LogP) is 1.24. The van der Waals surface area contributed by atoms with Crippen LogP contribution in [-0.4, -0.2) is 33.7 Å². The average Bonchev–Trinajstić information content (AvgIpc) is 2.40. The van der Waals surface area contributed by atoms with E-state index in [1.54, 1.807) is 24.3 Å². The van der Waals surface area contributed by atoms with Crippen molar-refractivity contribution in [3.63, 3.8) is 0 Å². The highest BCUT2D eigenvalue weighted by Crippen LogP contribution is 2.26. The van der Waals surface area contributed by atoms with E-state index in [1.807, 2.05) is 6.07 Å². The molecule has 1 saturated carbocycles. The number of rotatable bonds is 6. The molecule has 6 nitrogen and oxygen atoms in total. The Morgan fingerprint density at radius 1 is 1.41 bits per heavy atom. The number of sulfonamides is 1. The number of para-hydroxylation sites is 1. The first kappa shape index (κ1) is 16.3. The number of hydrogen-bond acceptors (Lipinski definition) is 4. The van der Waals surface area contributed by atoms with Crippen LogP contribution in [0.15, 0.2) is 24.3 Å². The van der Waals surface area contributed by atoms with Crippen LogP contribution in [0.25, 0.3) is 0 Å². The monoisotopic (exact) mass is 321 g/mol. The maximum atomic E-state index is 12.0. The number of carbonyl (C=O) groups is 1. The van der Waals surface area contributed by atoms with Gasteiger partial charge in [0.2, 0.25) is 15.9 Å². The lowest BCUT2D eigenvalue weighted by atomic mass is 9.85. The van der Waals surface area contributed by atoms with Crippen molar-refractivity contribution in [2.75, 3.05) is 23.7 Å². The van der Waals surface area contributed by atoms with Gasteiger partial charge in [0.15, 0.2) is 0 Å². The summed E-state index contributed by atoms with van der Waals surface area (Å²) in [6.07, 6.45) is 3.97. The molecule has 0 saturated heterocycles. The molecule has 0 atom stereocenters. The first-order valence-electron chi connectivity index (χ1n) is 7.18. The first-order chi connectivity index (χ1) is 10.4. The van der Waals surface area contributed by atoms with E-state index in [4.69, 9.17) is 5.26 Å². The number of carbonyl (C=O) groups excluding carboxylic acids is 1. The van der Waals surface area contributed by atoms with Crippen molar-refractivity contribution in [1.82, 2.24) is 5.32 Å². The summed E-state index contributed by atoms with van der Waals surface area (Å²) >= 11 is 0. The third kappa shape index (κ3) is 3.77. The molecule has 0 heterocycles. The van der Waals surface area contributed by atoms with Gasteiger partial charge >= 0.3 is 0 Å². The van der Waals surface area contributed by atoms with Gasteiger partial charge in [0.1, 0.15) is 6.07 Å². The fourth-order valence-electron chi connectivity index (χ4n) is 2.35. The second-order valence-electron chi connectivity index (χ2n) is 5.38. The quantitative estimate of drug-likeness (QED) is 0.853. The molecule has 1 aromatic rings. The van der Waals surface area contributed by atoms with Crippen molar-refractivity contribution in [2.45, 2.75) is 19.3 Å². The molecule has 1 fully saturated rings. The fraction of sp³-hybridized carbons (Fsp3) is 0.467. The van der Waals surface area contributed by atoms with Crippen LogP contribution in [0.2, 0.25) is 0 Å². The normalized spacial score (nSPS) is 14.7. The molecule has 22 heavy (non-hydrogen) atoms. The summed E-state index contributed by atoms with van der Waals surface area (Å²) in [4.78, 5) is 11.8. The molecular weight excluding hydrogens is 302 g/mol. The molecule has 0 spiro atoms. The Bertz CT molecular complexity index is 690. The zero-order valence-electron chi connectivity index (χ0n) is 12.4. The van der Waals surface area contributed by atoms with Crippen LogP contribution in [0.1, 0.15) is 24.8 Å². The van der Waals surface area contributed by atoms with Gasteiger partial charge in [-0.3, -0.25) is 9.10 Å². The highest BCUT2D eigenvalue weighted by molar-refractivity contribution is 7.92. The Morgan fingerprint density at radius 2 is 2.09 bits per heavy atom. The lowest BCUT2D eigenvalue weighted by Crippen LogP contribution is -2.41. The number of nitrogens with one attached hydrogen (secondary N) is 1. The van der Waals surface area contributed by atoms with Crippen LogP contribution >= 0.6 is 0 Å². The summed E-state index contributed by atoms with van der Waals surface area (Å²) in [6.45, 7) is 0.332. The second kappa shape index (κ2) is 6.79. The Morgan fingerprint density at radius 3 is 2.64 bits per heavy atom. The molecule has 0 unspecified atom stereocenters. The smallest absolute Gasteiger partial charge is 0.232 e. The largest absolute Gasteiger partial charge is 0.354 e. The Kier molecular flexibility index (Phi) is 5.03. The summed E-state index contributed by atoms with van der Waals surface area (Å²) in [5, 5.41) is 11.9. The Balaban J connectivity index is 2.07. The van der Waals surface area contributed by atoms with Crippen molar-refractivity contribution in [2.24, 2.45) is 5.92 Å². The lowest BCUT2D eigenvalue weighted by Gasteiger charge is -2.26. The van der Waals surface area contributed by atoms with Gasteiger partial charge < -0.3 is 5.32 Å². The lowest BCUT2D eigenvalue weighted by molar-refractivity contribution is -0.127. The van der Waals surface area contributed by atoms with Gasteiger partial charge in [-0.2, -0.15) is 5.26 Å². The van der Waals surface area contributed by atoms with Crippen LogP contribution in [-0.2, 0) is 14.8 Å². The standard InChI is InChI=1S/C15H19N3O3S/c1-22(20,21)18(14-8-3-2-5-13(14)11-16)10-9-17-15(19)12-6-4-7-12/h2-3,5,8,12H,4,6-7,9-10H2,1H3,(H,17,19). The summed E-state index contributed by atoms with van der Waals surface area (Å²) < 4.78 is 25.1. The predicted molar refractivity (Wildman–Crippen MR) is 83.7 cm³/mol. The van der Waals surface area contributed by atoms with E-state index in [-0.39, 0.29) is 24.9 Å². The first-order valence-corrected chi connectivity index (χ1v) is 9.03. The Labute approximate surface area is 130 Å². The van der Waals surface area contributed by atoms with Crippen molar-refractivity contribution < 1.29 is 13.2 Å². The number of anilines is 1. The summed E-state index contributed by atoms with van der Waals surface area (Å²) in [5.41, 5.74) is 0.628. The van der Waals surface area contributed by atoms with Crippen LogP contribution in [0.4, 0.5) is 5.69 Å². The summed E-state index contributed by atoms with van der Waals surface area (Å²) in [7, 11) is -3.53. The molecule has 0 radical (unpaired) electrons. The van der Waals surface area contributed by atoms with Gasteiger partial charge in [-0.25, -0.2) is 8.42 Å². The van der Waals surface area contributed by atoms with E-state index in [9.17, 15) is 13.2 Å². The van der Waals surface area contributed by atoms with E-state index in [0.717, 1.165) is 29.8 Å². The van der Waals surface area contributed by atoms with E-state index in [2.05, 4.69) is 5.32 Å². The molecule has 7 heteroatoms. The number of nitrogens with zero attached hydrogens (tertiary/aromatic N) is 2. The van der Waals surface area contributed by atoms with Crippen LogP contribution in [0, 0.1) is 17.2 Å². The minimum Gasteiger partial charge on any atom is -0.354 e. The van der Waals surface area contributed by atoms with Gasteiger partial charge in [0, 0.05) is 12.5 Å². The van der Waals surface area contributed by atoms with Crippen molar-refractivity contribution in [1.29, 1.82) is 5.26 Å². The third-order valence-electron chi connectivity index (χ3n) is 3.78. The van der Waals surface area contributed by atoms with Gasteiger partial charge in [0.25, 0.3) is 0 Å². The van der Waals surface area contributed by atoms with E-state index in [1.165, 1.54) is 0 Å². The highest BCUT2D eigenvalue weighted by Gasteiger charge is 2.25. The zero-order chi connectivity index (χ0) is 16.2. The van der Waals surface area contributed by atoms with E-state index in [0.29, 0.717) is 11.3 Å². The number of nitriles is 1. The van der Waals surface area contributed by atoms with Crippen molar-refractivity contribution >= 4 is 21.6 Å². The maximum absolute atomic E-state index is 12.0. The molecule has 1 aromatic carbocycles. The fourth-order valence-corrected chi connectivity index (χ4v) is 3.29. The van der Waals surface area contributed by atoms with Gasteiger partial charge in [0.05, 0.1) is 24.1 Å². The summed E-state index contributed by atoms with van der Waals surface area (Å²) in [6, 6.07) is 8.51. The van der Waals surface area contributed by atoms with E-state index >= 15 is 0 Å². The van der Waals surface area contributed by atoms with Gasteiger partial charge in [-0.15, -0.1) is 0 Å². The third-order valence-corrected chi connectivity index (χ3v) is 4.96. The topological polar surface area (TPSA) is 90.3 Å². The van der Waals surface area contributed by atoms with Crippen molar-refractivity contribution in [3.8, 4) is 6.07 Å². The molecule has 118 valence electrons. The average molecular weight is 321 g/mol.